The first-order valence-corrected chi connectivity index (χ1v) is 21.1. The molecule has 0 saturated carbocycles. The highest BCUT2D eigenvalue weighted by Crippen LogP contribution is 2.24. The maximum Gasteiger partial charge on any atom is 0.160 e. The predicted octanol–water partition coefficient (Wildman–Crippen LogP) is 11.9. The highest BCUT2D eigenvalue weighted by molar-refractivity contribution is 7.80. The van der Waals surface area contributed by atoms with Crippen molar-refractivity contribution in [3.05, 3.63) is 0 Å². The summed E-state index contributed by atoms with van der Waals surface area (Å²) in [5.74, 6) is 0. The van der Waals surface area contributed by atoms with Gasteiger partial charge in [0.15, 0.2) is 22.3 Å². The zero-order valence-corrected chi connectivity index (χ0v) is 32.5. The minimum Gasteiger partial charge on any atom is -0.479 e. The Morgan fingerprint density at radius 1 is 0.574 bits per heavy atom. The van der Waals surface area contributed by atoms with Gasteiger partial charge in [0.25, 0.3) is 0 Å². The van der Waals surface area contributed by atoms with Crippen molar-refractivity contribution >= 4 is 34.5 Å². The summed E-state index contributed by atoms with van der Waals surface area (Å²) in [5, 5.41) is 21.9. The van der Waals surface area contributed by atoms with Gasteiger partial charge in [0.2, 0.25) is 0 Å². The number of aliphatic hydroxyl groups excluding tert-OH is 2. The lowest BCUT2D eigenvalue weighted by atomic mass is 10.0. The molecule has 0 aromatic rings. The van der Waals surface area contributed by atoms with Crippen molar-refractivity contribution in [3.8, 4) is 0 Å². The Bertz CT molecular complexity index is 721. The van der Waals surface area contributed by atoms with Crippen molar-refractivity contribution in [1.82, 2.24) is 0 Å². The molecule has 4 atom stereocenters. The number of hydrogen-bond donors (Lipinski definition) is 2. The van der Waals surface area contributed by atoms with Crippen molar-refractivity contribution in [2.24, 2.45) is 0 Å². The van der Waals surface area contributed by atoms with Gasteiger partial charge in [-0.3, -0.25) is 0 Å². The van der Waals surface area contributed by atoms with Crippen LogP contribution in [0.3, 0.4) is 0 Å². The standard InChI is InChI=1S/C40H76O5S2/c1-3-5-7-9-11-13-15-17-19-21-23-25-27-29-31-37(46)44-35(33-41)40-39(42)36(34-43-40)45-38(47)32-30-28-26-24-22-20-18-16-14-12-10-8-6-4-2/h35-36,39-42H,3-34H2,1-2H3/t35-,36+,39-,40-/m0/s1. The Morgan fingerprint density at radius 2 is 0.915 bits per heavy atom. The third kappa shape index (κ3) is 25.3. The first-order chi connectivity index (χ1) is 23.0. The summed E-state index contributed by atoms with van der Waals surface area (Å²) in [6, 6.07) is 0. The van der Waals surface area contributed by atoms with Gasteiger partial charge in [0.05, 0.1) is 13.2 Å². The molecule has 0 aromatic heterocycles. The van der Waals surface area contributed by atoms with E-state index in [1.807, 2.05) is 0 Å². The van der Waals surface area contributed by atoms with Gasteiger partial charge in [-0.15, -0.1) is 0 Å². The largest absolute Gasteiger partial charge is 0.479 e. The minimum absolute atomic E-state index is 0.232. The van der Waals surface area contributed by atoms with E-state index < -0.39 is 24.4 Å². The summed E-state index contributed by atoms with van der Waals surface area (Å²) >= 11 is 10.9. The summed E-state index contributed by atoms with van der Waals surface area (Å²) in [6.45, 7) is 4.52. The molecule has 0 aliphatic carbocycles. The molecule has 0 radical (unpaired) electrons. The van der Waals surface area contributed by atoms with E-state index in [0.29, 0.717) is 16.5 Å². The SMILES string of the molecule is CCCCCCCCCCCCCCCCC(=S)O[C@@H](CO)[C@@H]1OC[C@@H](OC(=S)CCCCCCCCCCCCCCCC)[C@@H]1O. The third-order valence-electron chi connectivity index (χ3n) is 9.75. The molecule has 1 aliphatic heterocycles. The molecule has 0 spiro atoms. The normalized spacial score (nSPS) is 18.4. The molecular formula is C40H76O5S2. The number of ether oxygens (including phenoxy) is 3. The van der Waals surface area contributed by atoms with Crippen molar-refractivity contribution in [2.45, 2.75) is 231 Å². The third-order valence-corrected chi connectivity index (χ3v) is 10.4. The number of hydrogen-bond acceptors (Lipinski definition) is 7. The second kappa shape index (κ2) is 32.8. The van der Waals surface area contributed by atoms with Crippen LogP contribution < -0.4 is 0 Å². The van der Waals surface area contributed by atoms with Crippen LogP contribution in [-0.2, 0) is 14.2 Å². The number of unbranched alkanes of at least 4 members (excludes halogenated alkanes) is 26. The first-order valence-electron chi connectivity index (χ1n) is 20.3. The van der Waals surface area contributed by atoms with Crippen LogP contribution in [0.1, 0.15) is 206 Å². The van der Waals surface area contributed by atoms with Crippen LogP contribution >= 0.6 is 24.4 Å². The summed E-state index contributed by atoms with van der Waals surface area (Å²) < 4.78 is 17.6. The molecule has 278 valence electrons. The number of rotatable bonds is 34. The quantitative estimate of drug-likeness (QED) is 0.0511. The highest BCUT2D eigenvalue weighted by Gasteiger charge is 2.43. The Balaban J connectivity index is 2.04. The lowest BCUT2D eigenvalue weighted by Crippen LogP contribution is -2.43. The zero-order valence-electron chi connectivity index (χ0n) is 30.9. The first kappa shape index (κ1) is 44.7. The van der Waals surface area contributed by atoms with Crippen LogP contribution in [0, 0.1) is 0 Å². The molecule has 1 rings (SSSR count). The molecule has 2 N–H and O–H groups in total. The van der Waals surface area contributed by atoms with Gasteiger partial charge in [-0.05, 0) is 37.3 Å². The van der Waals surface area contributed by atoms with E-state index in [1.54, 1.807) is 0 Å². The zero-order chi connectivity index (χ0) is 34.2. The number of thiocarbonyl (C=S) groups is 2. The second-order valence-electron chi connectivity index (χ2n) is 14.2. The van der Waals surface area contributed by atoms with Crippen molar-refractivity contribution in [2.75, 3.05) is 13.2 Å². The summed E-state index contributed by atoms with van der Waals surface area (Å²) in [5.41, 5.74) is 0. The maximum absolute atomic E-state index is 10.9. The summed E-state index contributed by atoms with van der Waals surface area (Å²) in [7, 11) is 0. The predicted molar refractivity (Wildman–Crippen MR) is 208 cm³/mol. The second-order valence-corrected chi connectivity index (χ2v) is 15.1. The minimum atomic E-state index is -0.912. The van der Waals surface area contributed by atoms with Crippen molar-refractivity contribution < 1.29 is 24.4 Å². The van der Waals surface area contributed by atoms with Gasteiger partial charge in [0.1, 0.15) is 12.2 Å². The molecule has 47 heavy (non-hydrogen) atoms. The highest BCUT2D eigenvalue weighted by atomic mass is 32.1. The van der Waals surface area contributed by atoms with E-state index in [9.17, 15) is 10.2 Å². The summed E-state index contributed by atoms with van der Waals surface area (Å²) in [6.07, 6.45) is 35.6. The fraction of sp³-hybridized carbons (Fsp3) is 0.950. The van der Waals surface area contributed by atoms with E-state index in [2.05, 4.69) is 13.8 Å². The molecule has 1 heterocycles. The Hall–Kier alpha value is -0.340. The van der Waals surface area contributed by atoms with Gasteiger partial charge >= 0.3 is 0 Å². The monoisotopic (exact) mass is 701 g/mol. The lowest BCUT2D eigenvalue weighted by Gasteiger charge is -2.26. The lowest BCUT2D eigenvalue weighted by molar-refractivity contribution is -0.0615. The Kier molecular flexibility index (Phi) is 31.2. The van der Waals surface area contributed by atoms with Gasteiger partial charge in [0, 0.05) is 12.8 Å². The molecule has 0 amide bonds. The maximum atomic E-state index is 10.9. The van der Waals surface area contributed by atoms with Crippen LogP contribution in [0.2, 0.25) is 0 Å². The molecule has 0 aromatic carbocycles. The van der Waals surface area contributed by atoms with E-state index in [1.165, 1.54) is 154 Å². The molecular weight excluding hydrogens is 625 g/mol. The topological polar surface area (TPSA) is 68.2 Å². The average Bonchev–Trinajstić information content (AvgIpc) is 3.42. The smallest absolute Gasteiger partial charge is 0.160 e. The van der Waals surface area contributed by atoms with E-state index in [4.69, 9.17) is 38.6 Å². The molecule has 5 nitrogen and oxygen atoms in total. The van der Waals surface area contributed by atoms with Crippen molar-refractivity contribution in [1.29, 1.82) is 0 Å². The van der Waals surface area contributed by atoms with Gasteiger partial charge < -0.3 is 24.4 Å². The van der Waals surface area contributed by atoms with Gasteiger partial charge in [-0.25, -0.2) is 0 Å². The average molecular weight is 701 g/mol. The van der Waals surface area contributed by atoms with Gasteiger partial charge in [-0.2, -0.15) is 0 Å². The molecule has 1 fully saturated rings. The van der Waals surface area contributed by atoms with Crippen LogP contribution in [0.5, 0.6) is 0 Å². The van der Waals surface area contributed by atoms with E-state index >= 15 is 0 Å². The molecule has 0 unspecified atom stereocenters. The summed E-state index contributed by atoms with van der Waals surface area (Å²) in [4.78, 5) is 0. The Morgan fingerprint density at radius 3 is 1.28 bits per heavy atom. The van der Waals surface area contributed by atoms with Crippen molar-refractivity contribution in [3.63, 3.8) is 0 Å². The van der Waals surface area contributed by atoms with E-state index in [0.717, 1.165) is 32.1 Å². The Labute approximate surface area is 302 Å². The molecule has 1 saturated heterocycles. The van der Waals surface area contributed by atoms with Crippen LogP contribution in [0.15, 0.2) is 0 Å². The molecule has 0 bridgehead atoms. The van der Waals surface area contributed by atoms with Crippen LogP contribution in [0.4, 0.5) is 0 Å². The van der Waals surface area contributed by atoms with Gasteiger partial charge in [-0.1, -0.05) is 181 Å². The molecule has 1 aliphatic rings. The number of aliphatic hydroxyl groups is 2. The fourth-order valence-electron chi connectivity index (χ4n) is 6.64. The van der Waals surface area contributed by atoms with Crippen LogP contribution in [-0.4, -0.2) is 57.9 Å². The fourth-order valence-corrected chi connectivity index (χ4v) is 7.17. The van der Waals surface area contributed by atoms with E-state index in [-0.39, 0.29) is 13.2 Å². The van der Waals surface area contributed by atoms with Crippen LogP contribution in [0.25, 0.3) is 0 Å². The molecule has 7 heteroatoms.